The summed E-state index contributed by atoms with van der Waals surface area (Å²) in [6.45, 7) is 3.86. The molecule has 158 valence electrons. The molecule has 30 heavy (non-hydrogen) atoms. The number of hydrogen-bond acceptors (Lipinski definition) is 6. The fraction of sp³-hybridized carbons (Fsp3) is 0.318. The van der Waals surface area contributed by atoms with Crippen molar-refractivity contribution in [3.8, 4) is 0 Å². The molecular formula is C22H24N2O6. The molecular weight excluding hydrogens is 388 g/mol. The Morgan fingerprint density at radius 2 is 1.63 bits per heavy atom. The number of hydrogen-bond donors (Lipinski definition) is 1. The van der Waals surface area contributed by atoms with Crippen molar-refractivity contribution < 1.29 is 24.0 Å². The predicted molar refractivity (Wildman–Crippen MR) is 110 cm³/mol. The molecule has 0 saturated carbocycles. The van der Waals surface area contributed by atoms with Gasteiger partial charge in [-0.2, -0.15) is 0 Å². The van der Waals surface area contributed by atoms with Crippen molar-refractivity contribution in [3.05, 3.63) is 75.3 Å². The summed E-state index contributed by atoms with van der Waals surface area (Å²) in [7, 11) is 0. The van der Waals surface area contributed by atoms with E-state index in [-0.39, 0.29) is 36.6 Å². The maximum Gasteiger partial charge on any atom is 0.308 e. The Morgan fingerprint density at radius 1 is 1.03 bits per heavy atom. The molecule has 8 heteroatoms. The van der Waals surface area contributed by atoms with Crippen molar-refractivity contribution in [2.45, 2.75) is 32.6 Å². The molecule has 0 aliphatic heterocycles. The lowest BCUT2D eigenvalue weighted by molar-refractivity contribution is -0.384. The minimum absolute atomic E-state index is 0.0203. The van der Waals surface area contributed by atoms with Crippen LogP contribution in [-0.4, -0.2) is 35.7 Å². The van der Waals surface area contributed by atoms with E-state index in [1.54, 1.807) is 12.1 Å². The molecule has 1 atom stereocenters. The number of benzene rings is 2. The molecule has 0 unspecified atom stereocenters. The van der Waals surface area contributed by atoms with Gasteiger partial charge in [0.1, 0.15) is 0 Å². The van der Waals surface area contributed by atoms with Crippen LogP contribution >= 0.6 is 0 Å². The minimum Gasteiger partial charge on any atom is -0.457 e. The molecule has 1 N–H and O–H groups in total. The summed E-state index contributed by atoms with van der Waals surface area (Å²) in [5.41, 5.74) is 1.75. The topological polar surface area (TPSA) is 116 Å². The first kappa shape index (κ1) is 22.7. The lowest BCUT2D eigenvalue weighted by atomic mass is 9.97. The average molecular weight is 412 g/mol. The molecule has 0 heterocycles. The Labute approximate surface area is 174 Å². The number of ether oxygens (including phenoxy) is 1. The molecule has 0 spiro atoms. The maximum absolute atomic E-state index is 12.1. The lowest BCUT2D eigenvalue weighted by Gasteiger charge is -2.10. The Hall–Kier alpha value is -3.55. The van der Waals surface area contributed by atoms with E-state index in [1.807, 2.05) is 12.1 Å². The summed E-state index contributed by atoms with van der Waals surface area (Å²) in [4.78, 5) is 46.0. The number of non-ortho nitro benzene ring substituents is 1. The first-order valence-electron chi connectivity index (χ1n) is 9.63. The number of nitrogens with zero attached hydrogens (tertiary/aromatic N) is 1. The highest BCUT2D eigenvalue weighted by Gasteiger charge is 2.13. The van der Waals surface area contributed by atoms with E-state index in [9.17, 15) is 24.5 Å². The summed E-state index contributed by atoms with van der Waals surface area (Å²) >= 11 is 0. The summed E-state index contributed by atoms with van der Waals surface area (Å²) < 4.78 is 4.97. The van der Waals surface area contributed by atoms with Crippen LogP contribution in [0.4, 0.5) is 5.69 Å². The van der Waals surface area contributed by atoms with Gasteiger partial charge < -0.3 is 10.1 Å². The molecule has 1 amide bonds. The molecule has 2 aromatic carbocycles. The third kappa shape index (κ3) is 6.51. The van der Waals surface area contributed by atoms with Crippen LogP contribution in [0.5, 0.6) is 0 Å². The standard InChI is InChI=1S/C22H24N2O6/c1-3-15(2)16-4-6-17(7-5-16)20(25)14-30-21(26)12-13-23-22(27)18-8-10-19(11-9-18)24(28)29/h4-11,15H,3,12-14H2,1-2H3,(H,23,27)/t15-/m0/s1. The van der Waals surface area contributed by atoms with E-state index < -0.39 is 16.8 Å². The van der Waals surface area contributed by atoms with E-state index >= 15 is 0 Å². The second-order valence-corrected chi connectivity index (χ2v) is 6.83. The van der Waals surface area contributed by atoms with E-state index in [2.05, 4.69) is 19.2 Å². The third-order valence-electron chi connectivity index (χ3n) is 4.73. The number of rotatable bonds is 10. The minimum atomic E-state index is -0.608. The van der Waals surface area contributed by atoms with Gasteiger partial charge in [-0.05, 0) is 30.0 Å². The van der Waals surface area contributed by atoms with Crippen molar-refractivity contribution in [3.63, 3.8) is 0 Å². The number of ketones is 1. The number of esters is 1. The summed E-state index contributed by atoms with van der Waals surface area (Å²) in [6.07, 6.45) is 0.907. The smallest absolute Gasteiger partial charge is 0.308 e. The highest BCUT2D eigenvalue weighted by molar-refractivity contribution is 5.98. The molecule has 0 aromatic heterocycles. The molecule has 0 bridgehead atoms. The zero-order valence-corrected chi connectivity index (χ0v) is 16.9. The van der Waals surface area contributed by atoms with Gasteiger partial charge >= 0.3 is 5.97 Å². The quantitative estimate of drug-likeness (QED) is 0.276. The number of nitro groups is 1. The van der Waals surface area contributed by atoms with Crippen LogP contribution < -0.4 is 5.32 Å². The monoisotopic (exact) mass is 412 g/mol. The molecule has 2 aromatic rings. The zero-order valence-electron chi connectivity index (χ0n) is 16.9. The number of carbonyl (C=O) groups is 3. The Balaban J connectivity index is 1.73. The van der Waals surface area contributed by atoms with Crippen molar-refractivity contribution >= 4 is 23.3 Å². The van der Waals surface area contributed by atoms with Gasteiger partial charge in [0.25, 0.3) is 11.6 Å². The lowest BCUT2D eigenvalue weighted by Crippen LogP contribution is -2.27. The number of carbonyl (C=O) groups excluding carboxylic acids is 3. The van der Waals surface area contributed by atoms with Gasteiger partial charge in [0.05, 0.1) is 11.3 Å². The van der Waals surface area contributed by atoms with Gasteiger partial charge in [-0.25, -0.2) is 0 Å². The van der Waals surface area contributed by atoms with Gasteiger partial charge in [0.15, 0.2) is 12.4 Å². The van der Waals surface area contributed by atoms with E-state index in [0.717, 1.165) is 12.0 Å². The van der Waals surface area contributed by atoms with Crippen molar-refractivity contribution in [2.24, 2.45) is 0 Å². The van der Waals surface area contributed by atoms with Crippen LogP contribution in [0.15, 0.2) is 48.5 Å². The zero-order chi connectivity index (χ0) is 22.1. The number of nitrogens with one attached hydrogen (secondary N) is 1. The molecule has 0 aliphatic carbocycles. The van der Waals surface area contributed by atoms with Crippen LogP contribution in [0.2, 0.25) is 0 Å². The fourth-order valence-electron chi connectivity index (χ4n) is 2.65. The maximum atomic E-state index is 12.1. The molecule has 8 nitrogen and oxygen atoms in total. The van der Waals surface area contributed by atoms with E-state index in [4.69, 9.17) is 4.74 Å². The Bertz CT molecular complexity index is 906. The summed E-state index contributed by atoms with van der Waals surface area (Å²) in [5.74, 6) is -0.957. The summed E-state index contributed by atoms with van der Waals surface area (Å²) in [5, 5.41) is 13.1. The highest BCUT2D eigenvalue weighted by atomic mass is 16.6. The van der Waals surface area contributed by atoms with Crippen molar-refractivity contribution in [2.75, 3.05) is 13.2 Å². The number of nitro benzene ring substituents is 1. The van der Waals surface area contributed by atoms with Gasteiger partial charge in [0.2, 0.25) is 0 Å². The molecule has 0 radical (unpaired) electrons. The second kappa shape index (κ2) is 10.8. The van der Waals surface area contributed by atoms with Gasteiger partial charge in [-0.15, -0.1) is 0 Å². The normalized spacial score (nSPS) is 11.4. The first-order valence-corrected chi connectivity index (χ1v) is 9.63. The van der Waals surface area contributed by atoms with Gasteiger partial charge in [-0.1, -0.05) is 38.1 Å². The van der Waals surface area contributed by atoms with Crippen molar-refractivity contribution in [1.29, 1.82) is 0 Å². The second-order valence-electron chi connectivity index (χ2n) is 6.83. The largest absolute Gasteiger partial charge is 0.457 e. The van der Waals surface area contributed by atoms with Crippen LogP contribution in [0.25, 0.3) is 0 Å². The van der Waals surface area contributed by atoms with E-state index in [0.29, 0.717) is 11.5 Å². The third-order valence-corrected chi connectivity index (χ3v) is 4.73. The van der Waals surface area contributed by atoms with E-state index in [1.165, 1.54) is 24.3 Å². The highest BCUT2D eigenvalue weighted by Crippen LogP contribution is 2.19. The first-order chi connectivity index (χ1) is 14.3. The van der Waals surface area contributed by atoms with Crippen molar-refractivity contribution in [1.82, 2.24) is 5.32 Å². The molecule has 0 fully saturated rings. The Kier molecular flexibility index (Phi) is 8.22. The van der Waals surface area contributed by atoms with Crippen LogP contribution in [0, 0.1) is 10.1 Å². The van der Waals surface area contributed by atoms with Crippen LogP contribution in [0.3, 0.4) is 0 Å². The molecule has 2 rings (SSSR count). The molecule has 0 saturated heterocycles. The fourth-order valence-corrected chi connectivity index (χ4v) is 2.65. The summed E-state index contributed by atoms with van der Waals surface area (Å²) in [6, 6.07) is 12.4. The predicted octanol–water partition coefficient (Wildman–Crippen LogP) is 3.65. The van der Waals surface area contributed by atoms with Crippen LogP contribution in [0.1, 0.15) is 58.9 Å². The van der Waals surface area contributed by atoms with Gasteiger partial charge in [0, 0.05) is 29.8 Å². The molecule has 0 aliphatic rings. The van der Waals surface area contributed by atoms with Gasteiger partial charge in [-0.3, -0.25) is 24.5 Å². The number of amides is 1. The SMILES string of the molecule is CC[C@H](C)c1ccc(C(=O)COC(=O)CCNC(=O)c2ccc([N+](=O)[O-])cc2)cc1. The number of Topliss-reactive ketones (excluding diaryl/α,β-unsaturated/α-hetero) is 1. The average Bonchev–Trinajstić information content (AvgIpc) is 2.76. The Morgan fingerprint density at radius 3 is 2.20 bits per heavy atom. The van der Waals surface area contributed by atoms with Crippen LogP contribution in [-0.2, 0) is 9.53 Å².